The van der Waals surface area contributed by atoms with Crippen LogP contribution >= 0.6 is 0 Å². The lowest BCUT2D eigenvalue weighted by molar-refractivity contribution is -0.121. The molecule has 2 aliphatic heterocycles. The average molecular weight is 490 g/mol. The number of aryl methyl sites for hydroxylation is 3. The summed E-state index contributed by atoms with van der Waals surface area (Å²) in [5.41, 5.74) is 3.59. The molecular weight excluding hydrogens is 457 g/mol. The van der Waals surface area contributed by atoms with Crippen molar-refractivity contribution in [3.63, 3.8) is 0 Å². The van der Waals surface area contributed by atoms with E-state index in [-0.39, 0.29) is 17.7 Å². The topological polar surface area (TPSA) is 80.1 Å². The number of carbonyl (C=O) groups excluding carboxylic acids is 2. The third-order valence-electron chi connectivity index (χ3n) is 7.13. The maximum absolute atomic E-state index is 14.8. The Kier molecular flexibility index (Phi) is 6.85. The number of hydrogen-bond donors (Lipinski definition) is 1. The zero-order valence-corrected chi connectivity index (χ0v) is 20.9. The zero-order chi connectivity index (χ0) is 25.2. The first kappa shape index (κ1) is 24.2. The number of halogens is 1. The van der Waals surface area contributed by atoms with Gasteiger partial charge >= 0.3 is 0 Å². The summed E-state index contributed by atoms with van der Waals surface area (Å²) in [5.74, 6) is 0.457. The molecule has 0 spiro atoms. The standard InChI is InChI=1S/C28H32FN5O2/c1-18-13-19(2)15-21(14-18)28(36)33-11-6-7-20(17-33)27(35)30-22-9-10-24(29)23(16-22)26-32-31-25-8-4-3-5-12-34(25)26/h9-10,13-16,20H,3-8,11-12,17H2,1-2H3,(H,30,35). The summed E-state index contributed by atoms with van der Waals surface area (Å²) < 4.78 is 16.8. The largest absolute Gasteiger partial charge is 0.338 e. The summed E-state index contributed by atoms with van der Waals surface area (Å²) in [6.07, 6.45) is 5.48. The van der Waals surface area contributed by atoms with Crippen molar-refractivity contribution in [1.82, 2.24) is 19.7 Å². The van der Waals surface area contributed by atoms with Crippen LogP contribution in [0.25, 0.3) is 11.4 Å². The van der Waals surface area contributed by atoms with Crippen LogP contribution in [0.3, 0.4) is 0 Å². The lowest BCUT2D eigenvalue weighted by Crippen LogP contribution is -2.43. The molecule has 2 aliphatic rings. The Morgan fingerprint density at radius 2 is 1.78 bits per heavy atom. The predicted molar refractivity (Wildman–Crippen MR) is 136 cm³/mol. The highest BCUT2D eigenvalue weighted by atomic mass is 19.1. The Bertz CT molecular complexity index is 1280. The molecule has 2 aromatic carbocycles. The fourth-order valence-corrected chi connectivity index (χ4v) is 5.36. The van der Waals surface area contributed by atoms with E-state index in [9.17, 15) is 14.0 Å². The van der Waals surface area contributed by atoms with Gasteiger partial charge < -0.3 is 14.8 Å². The summed E-state index contributed by atoms with van der Waals surface area (Å²) in [6, 6.07) is 10.4. The molecule has 7 nitrogen and oxygen atoms in total. The Balaban J connectivity index is 1.30. The molecule has 3 aromatic rings. The van der Waals surface area contributed by atoms with Crippen molar-refractivity contribution >= 4 is 17.5 Å². The van der Waals surface area contributed by atoms with Gasteiger partial charge in [0.1, 0.15) is 11.6 Å². The Labute approximate surface area is 210 Å². The summed E-state index contributed by atoms with van der Waals surface area (Å²) in [6.45, 7) is 5.71. The zero-order valence-electron chi connectivity index (χ0n) is 20.9. The number of hydrogen-bond acceptors (Lipinski definition) is 4. The van der Waals surface area contributed by atoms with E-state index in [1.54, 1.807) is 17.0 Å². The molecule has 0 aliphatic carbocycles. The van der Waals surface area contributed by atoms with Crippen LogP contribution in [-0.2, 0) is 17.8 Å². The van der Waals surface area contributed by atoms with Crippen molar-refractivity contribution in [2.75, 3.05) is 18.4 Å². The normalized spacial score (nSPS) is 17.9. The fourth-order valence-electron chi connectivity index (χ4n) is 5.36. The molecule has 1 aromatic heterocycles. The predicted octanol–water partition coefficient (Wildman–Crippen LogP) is 4.92. The van der Waals surface area contributed by atoms with Gasteiger partial charge in [0.15, 0.2) is 5.82 Å². The minimum atomic E-state index is -0.393. The molecule has 2 amide bonds. The van der Waals surface area contributed by atoms with E-state index >= 15 is 0 Å². The van der Waals surface area contributed by atoms with Crippen LogP contribution in [0.1, 0.15) is 59.4 Å². The van der Waals surface area contributed by atoms with Gasteiger partial charge in [-0.25, -0.2) is 4.39 Å². The van der Waals surface area contributed by atoms with Crippen LogP contribution in [0.2, 0.25) is 0 Å². The number of benzene rings is 2. The van der Waals surface area contributed by atoms with Crippen molar-refractivity contribution in [3.8, 4) is 11.4 Å². The van der Waals surface area contributed by atoms with Crippen molar-refractivity contribution in [2.24, 2.45) is 5.92 Å². The molecular formula is C28H32FN5O2. The number of piperidine rings is 1. The first-order valence-corrected chi connectivity index (χ1v) is 12.8. The summed E-state index contributed by atoms with van der Waals surface area (Å²) in [5, 5.41) is 11.5. The monoisotopic (exact) mass is 489 g/mol. The van der Waals surface area contributed by atoms with Gasteiger partial charge in [0, 0.05) is 37.3 Å². The van der Waals surface area contributed by atoms with Crippen LogP contribution in [0, 0.1) is 25.6 Å². The molecule has 1 unspecified atom stereocenters. The van der Waals surface area contributed by atoms with E-state index in [2.05, 4.69) is 15.5 Å². The number of nitrogens with one attached hydrogen (secondary N) is 1. The van der Waals surface area contributed by atoms with Crippen molar-refractivity contribution in [1.29, 1.82) is 0 Å². The second-order valence-corrected chi connectivity index (χ2v) is 10.1. The van der Waals surface area contributed by atoms with Gasteiger partial charge in [0.2, 0.25) is 5.91 Å². The maximum Gasteiger partial charge on any atom is 0.253 e. The third-order valence-corrected chi connectivity index (χ3v) is 7.13. The van der Waals surface area contributed by atoms with Gasteiger partial charge in [-0.2, -0.15) is 0 Å². The second-order valence-electron chi connectivity index (χ2n) is 10.1. The number of carbonyl (C=O) groups is 2. The van der Waals surface area contributed by atoms with Crippen molar-refractivity contribution in [2.45, 2.75) is 58.9 Å². The minimum absolute atomic E-state index is 0.0455. The fraction of sp³-hybridized carbons (Fsp3) is 0.429. The van der Waals surface area contributed by atoms with Gasteiger partial charge in [0.25, 0.3) is 5.91 Å². The quantitative estimate of drug-likeness (QED) is 0.564. The molecule has 0 bridgehead atoms. The molecule has 36 heavy (non-hydrogen) atoms. The molecule has 1 fully saturated rings. The Hall–Kier alpha value is -3.55. The number of anilines is 1. The maximum atomic E-state index is 14.8. The van der Waals surface area contributed by atoms with E-state index in [1.165, 1.54) is 6.07 Å². The number of amides is 2. The smallest absolute Gasteiger partial charge is 0.253 e. The first-order chi connectivity index (χ1) is 17.4. The lowest BCUT2D eigenvalue weighted by atomic mass is 9.96. The van der Waals surface area contributed by atoms with E-state index in [0.29, 0.717) is 42.1 Å². The summed E-state index contributed by atoms with van der Waals surface area (Å²) in [7, 11) is 0. The molecule has 1 N–H and O–H groups in total. The highest BCUT2D eigenvalue weighted by Gasteiger charge is 2.29. The molecule has 8 heteroatoms. The number of fused-ring (bicyclic) bond motifs is 1. The summed E-state index contributed by atoms with van der Waals surface area (Å²) in [4.78, 5) is 28.1. The van der Waals surface area contributed by atoms with Gasteiger partial charge in [-0.1, -0.05) is 23.6 Å². The SMILES string of the molecule is Cc1cc(C)cc(C(=O)N2CCCC(C(=O)Nc3ccc(F)c(-c4nnc5n4CCCCC5)c3)C2)c1. The Morgan fingerprint density at radius 3 is 2.58 bits per heavy atom. The van der Waals surface area contributed by atoms with Gasteiger partial charge in [-0.05, 0) is 69.9 Å². The molecule has 0 radical (unpaired) electrons. The minimum Gasteiger partial charge on any atom is -0.338 e. The lowest BCUT2D eigenvalue weighted by Gasteiger charge is -2.32. The number of nitrogens with zero attached hydrogens (tertiary/aromatic N) is 4. The van der Waals surface area contributed by atoms with E-state index < -0.39 is 5.82 Å². The van der Waals surface area contributed by atoms with Crippen LogP contribution in [-0.4, -0.2) is 44.6 Å². The van der Waals surface area contributed by atoms with Crippen molar-refractivity contribution in [3.05, 3.63) is 64.7 Å². The number of rotatable bonds is 4. The molecule has 1 atom stereocenters. The van der Waals surface area contributed by atoms with Gasteiger partial charge in [-0.15, -0.1) is 10.2 Å². The molecule has 1 saturated heterocycles. The van der Waals surface area contributed by atoms with Crippen LogP contribution in [0.4, 0.5) is 10.1 Å². The number of aromatic nitrogens is 3. The molecule has 188 valence electrons. The van der Waals surface area contributed by atoms with E-state index in [4.69, 9.17) is 0 Å². The number of likely N-dealkylation sites (tertiary alicyclic amines) is 1. The first-order valence-electron chi connectivity index (χ1n) is 12.8. The van der Waals surface area contributed by atoms with E-state index in [1.807, 2.05) is 36.6 Å². The highest BCUT2D eigenvalue weighted by molar-refractivity contribution is 5.96. The summed E-state index contributed by atoms with van der Waals surface area (Å²) >= 11 is 0. The molecule has 0 saturated carbocycles. The van der Waals surface area contributed by atoms with Gasteiger partial charge in [-0.3, -0.25) is 9.59 Å². The van der Waals surface area contributed by atoms with Gasteiger partial charge in [0.05, 0.1) is 11.5 Å². The highest BCUT2D eigenvalue weighted by Crippen LogP contribution is 2.28. The van der Waals surface area contributed by atoms with Crippen molar-refractivity contribution < 1.29 is 14.0 Å². The van der Waals surface area contributed by atoms with E-state index in [0.717, 1.165) is 55.6 Å². The average Bonchev–Trinajstić information content (AvgIpc) is 3.11. The second kappa shape index (κ2) is 10.2. The van der Waals surface area contributed by atoms with Crippen LogP contribution < -0.4 is 5.32 Å². The van der Waals surface area contributed by atoms with Crippen LogP contribution in [0.15, 0.2) is 36.4 Å². The van der Waals surface area contributed by atoms with Crippen LogP contribution in [0.5, 0.6) is 0 Å². The molecule has 3 heterocycles. The third kappa shape index (κ3) is 5.03. The Morgan fingerprint density at radius 1 is 0.972 bits per heavy atom. The molecule has 5 rings (SSSR count).